The van der Waals surface area contributed by atoms with Crippen molar-refractivity contribution >= 4 is 5.91 Å². The highest BCUT2D eigenvalue weighted by Gasteiger charge is 2.29. The standard InChI is InChI=1S/C15H28N2O2/c1-12(14-4-3-6-16-9-14)8-15(18)17-7-5-13(10-17)11-19-2/h12-14,16H,3-11H2,1-2H3. The lowest BCUT2D eigenvalue weighted by Gasteiger charge is -2.29. The van der Waals surface area contributed by atoms with Crippen LogP contribution in [0.15, 0.2) is 0 Å². The van der Waals surface area contributed by atoms with Crippen molar-refractivity contribution in [1.29, 1.82) is 0 Å². The van der Waals surface area contributed by atoms with E-state index in [0.717, 1.165) is 39.2 Å². The topological polar surface area (TPSA) is 41.6 Å². The summed E-state index contributed by atoms with van der Waals surface area (Å²) in [6, 6.07) is 0. The minimum atomic E-state index is 0.344. The van der Waals surface area contributed by atoms with Crippen LogP contribution in [0.2, 0.25) is 0 Å². The molecule has 2 saturated heterocycles. The van der Waals surface area contributed by atoms with Gasteiger partial charge in [-0.3, -0.25) is 4.79 Å². The van der Waals surface area contributed by atoms with Gasteiger partial charge < -0.3 is 15.0 Å². The maximum Gasteiger partial charge on any atom is 0.222 e. The monoisotopic (exact) mass is 268 g/mol. The van der Waals surface area contributed by atoms with Crippen molar-refractivity contribution < 1.29 is 9.53 Å². The van der Waals surface area contributed by atoms with Crippen LogP contribution in [0.25, 0.3) is 0 Å². The largest absolute Gasteiger partial charge is 0.384 e. The van der Waals surface area contributed by atoms with Crippen LogP contribution in [0.4, 0.5) is 0 Å². The summed E-state index contributed by atoms with van der Waals surface area (Å²) in [5.74, 6) is 2.06. The fourth-order valence-electron chi connectivity index (χ4n) is 3.37. The number of nitrogens with one attached hydrogen (secondary N) is 1. The van der Waals surface area contributed by atoms with Gasteiger partial charge in [0.2, 0.25) is 5.91 Å². The molecule has 0 aromatic heterocycles. The summed E-state index contributed by atoms with van der Waals surface area (Å²) in [6.45, 7) is 7.05. The first kappa shape index (κ1) is 14.8. The van der Waals surface area contributed by atoms with Gasteiger partial charge in [-0.1, -0.05) is 6.92 Å². The van der Waals surface area contributed by atoms with Gasteiger partial charge in [0.05, 0.1) is 6.61 Å². The molecule has 2 heterocycles. The van der Waals surface area contributed by atoms with Crippen molar-refractivity contribution in [2.75, 3.05) is 39.9 Å². The number of amides is 1. The van der Waals surface area contributed by atoms with Crippen LogP contribution in [0.5, 0.6) is 0 Å². The molecule has 4 nitrogen and oxygen atoms in total. The number of hydrogen-bond acceptors (Lipinski definition) is 3. The van der Waals surface area contributed by atoms with Crippen molar-refractivity contribution in [3.63, 3.8) is 0 Å². The van der Waals surface area contributed by atoms with E-state index in [1.54, 1.807) is 7.11 Å². The second kappa shape index (κ2) is 7.25. The highest BCUT2D eigenvalue weighted by Crippen LogP contribution is 2.25. The molecular weight excluding hydrogens is 240 g/mol. The molecule has 0 saturated carbocycles. The Hall–Kier alpha value is -0.610. The zero-order valence-corrected chi connectivity index (χ0v) is 12.4. The van der Waals surface area contributed by atoms with E-state index in [1.165, 1.54) is 12.8 Å². The van der Waals surface area contributed by atoms with E-state index in [0.29, 0.717) is 30.1 Å². The first-order valence-electron chi connectivity index (χ1n) is 7.68. The predicted molar refractivity (Wildman–Crippen MR) is 75.9 cm³/mol. The van der Waals surface area contributed by atoms with Gasteiger partial charge >= 0.3 is 0 Å². The van der Waals surface area contributed by atoms with E-state index in [4.69, 9.17) is 4.74 Å². The lowest BCUT2D eigenvalue weighted by molar-refractivity contribution is -0.131. The first-order chi connectivity index (χ1) is 9.20. The summed E-state index contributed by atoms with van der Waals surface area (Å²) in [7, 11) is 1.74. The van der Waals surface area contributed by atoms with Gasteiger partial charge in [0.25, 0.3) is 0 Å². The second-order valence-electron chi connectivity index (χ2n) is 6.24. The van der Waals surface area contributed by atoms with Gasteiger partial charge in [-0.05, 0) is 44.2 Å². The quantitative estimate of drug-likeness (QED) is 0.822. The van der Waals surface area contributed by atoms with Crippen LogP contribution in [0, 0.1) is 17.8 Å². The van der Waals surface area contributed by atoms with Crippen molar-refractivity contribution in [3.05, 3.63) is 0 Å². The molecule has 2 aliphatic heterocycles. The number of likely N-dealkylation sites (tertiary alicyclic amines) is 1. The summed E-state index contributed by atoms with van der Waals surface area (Å²) < 4.78 is 5.18. The molecule has 0 aromatic rings. The van der Waals surface area contributed by atoms with Crippen LogP contribution in [-0.2, 0) is 9.53 Å². The Balaban J connectivity index is 1.74. The highest BCUT2D eigenvalue weighted by atomic mass is 16.5. The molecule has 110 valence electrons. The second-order valence-corrected chi connectivity index (χ2v) is 6.24. The van der Waals surface area contributed by atoms with E-state index in [-0.39, 0.29) is 0 Å². The van der Waals surface area contributed by atoms with Gasteiger partial charge in [0.1, 0.15) is 0 Å². The van der Waals surface area contributed by atoms with Crippen LogP contribution >= 0.6 is 0 Å². The maximum atomic E-state index is 12.3. The minimum Gasteiger partial charge on any atom is -0.384 e. The zero-order chi connectivity index (χ0) is 13.7. The Labute approximate surface area is 116 Å². The average Bonchev–Trinajstić information content (AvgIpc) is 2.89. The number of nitrogens with zero attached hydrogens (tertiary/aromatic N) is 1. The summed E-state index contributed by atoms with van der Waals surface area (Å²) >= 11 is 0. The molecule has 2 rings (SSSR count). The molecule has 1 amide bonds. The van der Waals surface area contributed by atoms with E-state index in [2.05, 4.69) is 12.2 Å². The summed E-state index contributed by atoms with van der Waals surface area (Å²) in [5, 5.41) is 3.44. The lowest BCUT2D eigenvalue weighted by Crippen LogP contribution is -2.36. The van der Waals surface area contributed by atoms with Crippen LogP contribution in [0.3, 0.4) is 0 Å². The average molecular weight is 268 g/mol. The van der Waals surface area contributed by atoms with Crippen molar-refractivity contribution in [2.24, 2.45) is 17.8 Å². The predicted octanol–water partition coefficient (Wildman–Crippen LogP) is 1.51. The van der Waals surface area contributed by atoms with Crippen LogP contribution in [0.1, 0.15) is 32.6 Å². The Bertz CT molecular complexity index is 290. The molecular formula is C15H28N2O2. The third-order valence-corrected chi connectivity index (χ3v) is 4.68. The number of hydrogen-bond donors (Lipinski definition) is 1. The van der Waals surface area contributed by atoms with Crippen LogP contribution in [-0.4, -0.2) is 50.7 Å². The van der Waals surface area contributed by atoms with Gasteiger partial charge in [0, 0.05) is 32.5 Å². The molecule has 1 N–H and O–H groups in total. The van der Waals surface area contributed by atoms with Gasteiger partial charge in [0.15, 0.2) is 0 Å². The van der Waals surface area contributed by atoms with Crippen molar-refractivity contribution in [1.82, 2.24) is 10.2 Å². The molecule has 0 aromatic carbocycles. The zero-order valence-electron chi connectivity index (χ0n) is 12.4. The normalized spacial score (nSPS) is 29.5. The molecule has 0 spiro atoms. The fraction of sp³-hybridized carbons (Fsp3) is 0.933. The van der Waals surface area contributed by atoms with E-state index >= 15 is 0 Å². The molecule has 4 heteroatoms. The molecule has 0 radical (unpaired) electrons. The Morgan fingerprint density at radius 1 is 1.47 bits per heavy atom. The van der Waals surface area contributed by atoms with Crippen molar-refractivity contribution in [2.45, 2.75) is 32.6 Å². The fourth-order valence-corrected chi connectivity index (χ4v) is 3.37. The van der Waals surface area contributed by atoms with E-state index < -0.39 is 0 Å². The molecule has 19 heavy (non-hydrogen) atoms. The third-order valence-electron chi connectivity index (χ3n) is 4.68. The number of piperidine rings is 1. The summed E-state index contributed by atoms with van der Waals surface area (Å²) in [5.41, 5.74) is 0. The molecule has 2 aliphatic rings. The third kappa shape index (κ3) is 4.18. The molecule has 0 bridgehead atoms. The molecule has 3 atom stereocenters. The van der Waals surface area contributed by atoms with Gasteiger partial charge in [-0.2, -0.15) is 0 Å². The number of carbonyl (C=O) groups excluding carboxylic acids is 1. The number of ether oxygens (including phenoxy) is 1. The number of methoxy groups -OCH3 is 1. The number of carbonyl (C=O) groups is 1. The molecule has 3 unspecified atom stereocenters. The van der Waals surface area contributed by atoms with Gasteiger partial charge in [-0.25, -0.2) is 0 Å². The Morgan fingerprint density at radius 3 is 3.00 bits per heavy atom. The first-order valence-corrected chi connectivity index (χ1v) is 7.68. The van der Waals surface area contributed by atoms with Crippen LogP contribution < -0.4 is 5.32 Å². The van der Waals surface area contributed by atoms with Crippen molar-refractivity contribution in [3.8, 4) is 0 Å². The molecule has 0 aliphatic carbocycles. The lowest BCUT2D eigenvalue weighted by atomic mass is 9.85. The Kier molecular flexibility index (Phi) is 5.64. The SMILES string of the molecule is COCC1CCN(C(=O)CC(C)C2CCCNC2)C1. The molecule has 2 fully saturated rings. The Morgan fingerprint density at radius 2 is 2.32 bits per heavy atom. The van der Waals surface area contributed by atoms with E-state index in [1.807, 2.05) is 4.90 Å². The van der Waals surface area contributed by atoms with E-state index in [9.17, 15) is 4.79 Å². The number of rotatable bonds is 5. The smallest absolute Gasteiger partial charge is 0.222 e. The maximum absolute atomic E-state index is 12.3. The highest BCUT2D eigenvalue weighted by molar-refractivity contribution is 5.76. The van der Waals surface area contributed by atoms with Gasteiger partial charge in [-0.15, -0.1) is 0 Å². The summed E-state index contributed by atoms with van der Waals surface area (Å²) in [6.07, 6.45) is 4.33. The summed E-state index contributed by atoms with van der Waals surface area (Å²) in [4.78, 5) is 14.4. The minimum absolute atomic E-state index is 0.344.